The van der Waals surface area contributed by atoms with Crippen molar-refractivity contribution in [1.29, 1.82) is 0 Å². The molecule has 0 unspecified atom stereocenters. The van der Waals surface area contributed by atoms with E-state index in [1.165, 1.54) is 12.7 Å². The van der Waals surface area contributed by atoms with Crippen molar-refractivity contribution in [2.45, 2.75) is 33.1 Å². The van der Waals surface area contributed by atoms with E-state index in [1.807, 2.05) is 0 Å². The fourth-order valence-corrected chi connectivity index (χ4v) is 2.67. The third kappa shape index (κ3) is 2.54. The summed E-state index contributed by atoms with van der Waals surface area (Å²) in [5, 5.41) is 0. The van der Waals surface area contributed by atoms with Gasteiger partial charge in [0.2, 0.25) is 0 Å². The molecular formula is C12H18BrN3O. The van der Waals surface area contributed by atoms with Gasteiger partial charge in [-0.15, -0.1) is 0 Å². The number of hydrogen-bond acceptors (Lipinski definition) is 3. The number of piperidine rings is 1. The first-order valence-corrected chi connectivity index (χ1v) is 6.83. The summed E-state index contributed by atoms with van der Waals surface area (Å²) in [7, 11) is 0. The minimum Gasteiger partial charge on any atom is -0.355 e. The van der Waals surface area contributed by atoms with Gasteiger partial charge in [-0.2, -0.15) is 0 Å². The van der Waals surface area contributed by atoms with Crippen molar-refractivity contribution < 1.29 is 0 Å². The number of aromatic amines is 1. The van der Waals surface area contributed by atoms with Crippen molar-refractivity contribution in [2.75, 3.05) is 18.0 Å². The Balaban J connectivity index is 2.16. The number of hydrogen-bond donors (Lipinski definition) is 1. The zero-order valence-corrected chi connectivity index (χ0v) is 11.9. The Morgan fingerprint density at radius 3 is 2.76 bits per heavy atom. The summed E-state index contributed by atoms with van der Waals surface area (Å²) in [4.78, 5) is 20.5. The summed E-state index contributed by atoms with van der Waals surface area (Å²) in [6.07, 6.45) is 5.00. The first-order chi connectivity index (χ1) is 8.06. The quantitative estimate of drug-likeness (QED) is 0.913. The fourth-order valence-electron chi connectivity index (χ4n) is 2.21. The first kappa shape index (κ1) is 12.6. The van der Waals surface area contributed by atoms with Crippen molar-refractivity contribution in [3.05, 3.63) is 21.2 Å². The summed E-state index contributed by atoms with van der Waals surface area (Å²) in [6.45, 7) is 6.53. The maximum atomic E-state index is 11.5. The van der Waals surface area contributed by atoms with Crippen LogP contribution in [0.15, 0.2) is 15.6 Å². The van der Waals surface area contributed by atoms with Gasteiger partial charge in [0.1, 0.15) is 10.3 Å². The monoisotopic (exact) mass is 299 g/mol. The van der Waals surface area contributed by atoms with Crippen LogP contribution in [0.1, 0.15) is 33.1 Å². The predicted octanol–water partition coefficient (Wildman–Crippen LogP) is 2.55. The van der Waals surface area contributed by atoms with E-state index in [0.717, 1.165) is 31.7 Å². The molecule has 4 nitrogen and oxygen atoms in total. The van der Waals surface area contributed by atoms with Gasteiger partial charge < -0.3 is 9.88 Å². The molecule has 0 amide bonds. The van der Waals surface area contributed by atoms with Crippen LogP contribution in [-0.4, -0.2) is 23.1 Å². The lowest BCUT2D eigenvalue weighted by Crippen LogP contribution is -2.39. The van der Waals surface area contributed by atoms with E-state index in [2.05, 4.69) is 44.6 Å². The Kier molecular flexibility index (Phi) is 3.56. The number of halogens is 1. The minimum atomic E-state index is -0.112. The Hall–Kier alpha value is -0.840. The molecule has 0 bridgehead atoms. The van der Waals surface area contributed by atoms with Crippen LogP contribution in [0.25, 0.3) is 0 Å². The maximum absolute atomic E-state index is 11.5. The van der Waals surface area contributed by atoms with E-state index in [4.69, 9.17) is 0 Å². The van der Waals surface area contributed by atoms with Crippen LogP contribution in [0.2, 0.25) is 0 Å². The Labute approximate surface area is 110 Å². The molecule has 0 aromatic carbocycles. The molecule has 94 valence electrons. The molecule has 0 radical (unpaired) electrons. The lowest BCUT2D eigenvalue weighted by molar-refractivity contribution is 0.237. The zero-order valence-electron chi connectivity index (χ0n) is 10.3. The number of aromatic nitrogens is 2. The van der Waals surface area contributed by atoms with E-state index in [0.29, 0.717) is 9.89 Å². The van der Waals surface area contributed by atoms with E-state index in [9.17, 15) is 4.79 Å². The van der Waals surface area contributed by atoms with Crippen molar-refractivity contribution in [1.82, 2.24) is 9.97 Å². The fraction of sp³-hybridized carbons (Fsp3) is 0.667. The molecule has 1 aromatic rings. The Bertz CT molecular complexity index is 449. The summed E-state index contributed by atoms with van der Waals surface area (Å²) in [5.41, 5.74) is 0.336. The Morgan fingerprint density at radius 1 is 1.53 bits per heavy atom. The van der Waals surface area contributed by atoms with Gasteiger partial charge in [0, 0.05) is 13.1 Å². The standard InChI is InChI=1S/C12H18BrN3O/c1-3-12(2)4-6-16(7-5-12)10-9(13)11(17)15-8-14-10/h8H,3-7H2,1-2H3,(H,14,15,17). The number of nitrogens with one attached hydrogen (secondary N) is 1. The van der Waals surface area contributed by atoms with Gasteiger partial charge in [0.05, 0.1) is 6.33 Å². The van der Waals surface area contributed by atoms with Gasteiger partial charge in [-0.25, -0.2) is 4.98 Å². The summed E-state index contributed by atoms with van der Waals surface area (Å²) >= 11 is 3.31. The molecule has 1 saturated heterocycles. The van der Waals surface area contributed by atoms with Crippen LogP contribution in [0.3, 0.4) is 0 Å². The highest BCUT2D eigenvalue weighted by Crippen LogP contribution is 2.35. The zero-order chi connectivity index (χ0) is 12.5. The van der Waals surface area contributed by atoms with Crippen LogP contribution in [0.5, 0.6) is 0 Å². The van der Waals surface area contributed by atoms with Gasteiger partial charge in [0.15, 0.2) is 0 Å². The second kappa shape index (κ2) is 4.80. The van der Waals surface area contributed by atoms with E-state index in [-0.39, 0.29) is 5.56 Å². The molecule has 1 aliphatic heterocycles. The molecule has 2 rings (SSSR count). The maximum Gasteiger partial charge on any atom is 0.267 e. The minimum absolute atomic E-state index is 0.112. The highest BCUT2D eigenvalue weighted by Gasteiger charge is 2.29. The number of nitrogens with zero attached hydrogens (tertiary/aromatic N) is 2. The molecule has 1 N–H and O–H groups in total. The average molecular weight is 300 g/mol. The highest BCUT2D eigenvalue weighted by atomic mass is 79.9. The molecule has 0 atom stereocenters. The molecule has 1 fully saturated rings. The topological polar surface area (TPSA) is 49.0 Å². The van der Waals surface area contributed by atoms with Gasteiger partial charge in [-0.1, -0.05) is 20.3 Å². The molecule has 1 aliphatic rings. The summed E-state index contributed by atoms with van der Waals surface area (Å²) < 4.78 is 0.542. The molecule has 0 spiro atoms. The van der Waals surface area contributed by atoms with E-state index >= 15 is 0 Å². The Morgan fingerprint density at radius 2 is 2.18 bits per heavy atom. The first-order valence-electron chi connectivity index (χ1n) is 6.04. The SMILES string of the molecule is CCC1(C)CCN(c2nc[nH]c(=O)c2Br)CC1. The summed E-state index contributed by atoms with van der Waals surface area (Å²) in [5.74, 6) is 0.770. The van der Waals surface area contributed by atoms with E-state index in [1.54, 1.807) is 0 Å². The normalized spacial score (nSPS) is 19.4. The second-order valence-electron chi connectivity index (χ2n) is 5.02. The number of H-pyrrole nitrogens is 1. The molecule has 2 heterocycles. The lowest BCUT2D eigenvalue weighted by Gasteiger charge is -2.39. The molecule has 1 aromatic heterocycles. The molecule has 0 aliphatic carbocycles. The third-order valence-electron chi connectivity index (χ3n) is 3.90. The van der Waals surface area contributed by atoms with Crippen molar-refractivity contribution in [3.8, 4) is 0 Å². The van der Waals surface area contributed by atoms with Gasteiger partial charge in [0.25, 0.3) is 5.56 Å². The van der Waals surface area contributed by atoms with Crippen molar-refractivity contribution >= 4 is 21.7 Å². The smallest absolute Gasteiger partial charge is 0.267 e. The number of anilines is 1. The van der Waals surface area contributed by atoms with Crippen LogP contribution in [0.4, 0.5) is 5.82 Å². The average Bonchev–Trinajstić information content (AvgIpc) is 2.34. The predicted molar refractivity (Wildman–Crippen MR) is 72.4 cm³/mol. The molecule has 0 saturated carbocycles. The summed E-state index contributed by atoms with van der Waals surface area (Å²) in [6, 6.07) is 0. The van der Waals surface area contributed by atoms with Crippen LogP contribution in [-0.2, 0) is 0 Å². The van der Waals surface area contributed by atoms with Crippen LogP contribution in [0, 0.1) is 5.41 Å². The van der Waals surface area contributed by atoms with Crippen molar-refractivity contribution in [3.63, 3.8) is 0 Å². The lowest BCUT2D eigenvalue weighted by atomic mass is 9.78. The molecule has 5 heteroatoms. The van der Waals surface area contributed by atoms with Gasteiger partial charge in [-0.3, -0.25) is 4.79 Å². The van der Waals surface area contributed by atoms with Crippen LogP contribution < -0.4 is 10.5 Å². The van der Waals surface area contributed by atoms with Crippen LogP contribution >= 0.6 is 15.9 Å². The molecule has 17 heavy (non-hydrogen) atoms. The van der Waals surface area contributed by atoms with Gasteiger partial charge >= 0.3 is 0 Å². The molecular weight excluding hydrogens is 282 g/mol. The number of rotatable bonds is 2. The van der Waals surface area contributed by atoms with E-state index < -0.39 is 0 Å². The van der Waals surface area contributed by atoms with Gasteiger partial charge in [-0.05, 0) is 34.2 Å². The highest BCUT2D eigenvalue weighted by molar-refractivity contribution is 9.10. The largest absolute Gasteiger partial charge is 0.355 e. The third-order valence-corrected chi connectivity index (χ3v) is 4.62. The van der Waals surface area contributed by atoms with Crippen molar-refractivity contribution in [2.24, 2.45) is 5.41 Å². The second-order valence-corrected chi connectivity index (χ2v) is 5.81.